The van der Waals surface area contributed by atoms with Crippen molar-refractivity contribution in [3.63, 3.8) is 0 Å². The number of rotatable bonds is 1. The lowest BCUT2D eigenvalue weighted by atomic mass is 10.2. The van der Waals surface area contributed by atoms with Crippen molar-refractivity contribution in [3.8, 4) is 0 Å². The Labute approximate surface area is 76.0 Å². The van der Waals surface area contributed by atoms with Gasteiger partial charge in [-0.15, -0.1) is 0 Å². The van der Waals surface area contributed by atoms with E-state index >= 15 is 0 Å². The molecule has 2 nitrogen and oxygen atoms in total. The molecular weight excluding hydrogens is 168 g/mol. The first-order valence-corrected chi connectivity index (χ1v) is 4.95. The molecule has 0 N–H and O–H groups in total. The van der Waals surface area contributed by atoms with E-state index in [1.54, 1.807) is 11.5 Å². The summed E-state index contributed by atoms with van der Waals surface area (Å²) in [6.07, 6.45) is 1.98. The Morgan fingerprint density at radius 2 is 2.25 bits per heavy atom. The van der Waals surface area contributed by atoms with E-state index in [0.29, 0.717) is 5.92 Å². The van der Waals surface area contributed by atoms with Crippen LogP contribution in [0.3, 0.4) is 0 Å². The summed E-state index contributed by atoms with van der Waals surface area (Å²) < 4.78 is 2.21. The number of nitrogens with zero attached hydrogens (tertiary/aromatic N) is 2. The zero-order valence-corrected chi connectivity index (χ0v) is 8.35. The van der Waals surface area contributed by atoms with E-state index < -0.39 is 0 Å². The summed E-state index contributed by atoms with van der Waals surface area (Å²) in [4.78, 5) is 4.37. The maximum Gasteiger partial charge on any atom is 0.150 e. The van der Waals surface area contributed by atoms with Gasteiger partial charge < -0.3 is 0 Å². The highest BCUT2D eigenvalue weighted by Gasteiger charge is 2.09. The molecule has 2 aromatic heterocycles. The molecule has 64 valence electrons. The lowest BCUT2D eigenvalue weighted by molar-refractivity contribution is 0.827. The molecule has 0 spiro atoms. The van der Waals surface area contributed by atoms with Crippen LogP contribution in [0.15, 0.2) is 11.6 Å². The van der Waals surface area contributed by atoms with Crippen LogP contribution in [-0.4, -0.2) is 8.77 Å². The number of hydrogen-bond donors (Lipinski definition) is 0. The summed E-state index contributed by atoms with van der Waals surface area (Å²) in [5, 5.41) is 2.15. The average molecular weight is 180 g/mol. The van der Waals surface area contributed by atoms with Crippen molar-refractivity contribution in [2.24, 2.45) is 0 Å². The zero-order chi connectivity index (χ0) is 8.72. The summed E-state index contributed by atoms with van der Waals surface area (Å²) in [7, 11) is 0. The fraction of sp³-hybridized carbons (Fsp3) is 0.444. The van der Waals surface area contributed by atoms with Crippen molar-refractivity contribution >= 4 is 17.2 Å². The van der Waals surface area contributed by atoms with Crippen LogP contribution < -0.4 is 0 Å². The predicted octanol–water partition coefficient (Wildman–Crippen LogP) is 2.83. The lowest BCUT2D eigenvalue weighted by Crippen LogP contribution is -1.89. The minimum Gasteiger partial charge on any atom is -0.251 e. The van der Waals surface area contributed by atoms with Gasteiger partial charge in [-0.05, 0) is 12.8 Å². The molecule has 0 aliphatic rings. The van der Waals surface area contributed by atoms with Gasteiger partial charge in [-0.2, -0.15) is 0 Å². The molecule has 0 radical (unpaired) electrons. The second-order valence-electron chi connectivity index (χ2n) is 3.36. The highest BCUT2D eigenvalue weighted by Crippen LogP contribution is 2.22. The van der Waals surface area contributed by atoms with Crippen LogP contribution in [0.25, 0.3) is 5.65 Å². The maximum atomic E-state index is 4.37. The summed E-state index contributed by atoms with van der Waals surface area (Å²) in [6, 6.07) is 0. The summed E-state index contributed by atoms with van der Waals surface area (Å²) in [5.74, 6) is 0.554. The molecule has 0 fully saturated rings. The Kier molecular flexibility index (Phi) is 1.68. The molecule has 2 heterocycles. The molecule has 0 saturated carbocycles. The van der Waals surface area contributed by atoms with Crippen LogP contribution >= 0.6 is 11.5 Å². The van der Waals surface area contributed by atoms with E-state index in [-0.39, 0.29) is 0 Å². The van der Waals surface area contributed by atoms with Gasteiger partial charge in [0.25, 0.3) is 0 Å². The van der Waals surface area contributed by atoms with Gasteiger partial charge in [0.2, 0.25) is 0 Å². The monoisotopic (exact) mass is 180 g/mol. The van der Waals surface area contributed by atoms with Gasteiger partial charge >= 0.3 is 0 Å². The fourth-order valence-corrected chi connectivity index (χ4v) is 2.33. The van der Waals surface area contributed by atoms with Crippen molar-refractivity contribution in [1.29, 1.82) is 0 Å². The van der Waals surface area contributed by atoms with Crippen LogP contribution in [-0.2, 0) is 0 Å². The molecule has 0 bridgehead atoms. The highest BCUT2D eigenvalue weighted by molar-refractivity contribution is 7.04. The van der Waals surface area contributed by atoms with Gasteiger partial charge in [0.15, 0.2) is 0 Å². The molecular formula is C9H12N2S. The highest BCUT2D eigenvalue weighted by atomic mass is 32.1. The van der Waals surface area contributed by atoms with Crippen LogP contribution in [0.2, 0.25) is 0 Å². The van der Waals surface area contributed by atoms with E-state index in [9.17, 15) is 0 Å². The Morgan fingerprint density at radius 3 is 2.92 bits per heavy atom. The van der Waals surface area contributed by atoms with Crippen LogP contribution in [0.1, 0.15) is 31.0 Å². The Morgan fingerprint density at radius 1 is 1.50 bits per heavy atom. The lowest BCUT2D eigenvalue weighted by Gasteiger charge is -1.99. The zero-order valence-electron chi connectivity index (χ0n) is 7.53. The molecule has 0 saturated heterocycles. The van der Waals surface area contributed by atoms with E-state index in [2.05, 4.69) is 34.9 Å². The van der Waals surface area contributed by atoms with Gasteiger partial charge in [0, 0.05) is 10.9 Å². The maximum absolute atomic E-state index is 4.37. The van der Waals surface area contributed by atoms with Crippen LogP contribution in [0.4, 0.5) is 0 Å². The molecule has 2 aromatic rings. The van der Waals surface area contributed by atoms with Gasteiger partial charge in [-0.3, -0.25) is 3.79 Å². The predicted molar refractivity (Wildman–Crippen MR) is 51.9 cm³/mol. The molecule has 0 aliphatic carbocycles. The normalized spacial score (nSPS) is 11.7. The second-order valence-corrected chi connectivity index (χ2v) is 4.17. The first kappa shape index (κ1) is 7.80. The van der Waals surface area contributed by atoms with Crippen molar-refractivity contribution < 1.29 is 0 Å². The second kappa shape index (κ2) is 2.59. The first-order valence-electron chi connectivity index (χ1n) is 4.12. The Bertz CT molecular complexity index is 397. The van der Waals surface area contributed by atoms with E-state index in [1.165, 1.54) is 11.3 Å². The third-order valence-electron chi connectivity index (χ3n) is 2.03. The number of hydrogen-bond acceptors (Lipinski definition) is 2. The standard InChI is InChI=1S/C9H12N2S/c1-6(2)8-4-10-9-7(3)5-12-11(8)9/h4-6H,1-3H3. The summed E-state index contributed by atoms with van der Waals surface area (Å²) in [5.41, 5.74) is 3.69. The largest absolute Gasteiger partial charge is 0.251 e. The fourth-order valence-electron chi connectivity index (χ4n) is 1.30. The number of fused-ring (bicyclic) bond motifs is 1. The molecule has 12 heavy (non-hydrogen) atoms. The smallest absolute Gasteiger partial charge is 0.150 e. The average Bonchev–Trinajstić information content (AvgIpc) is 2.53. The van der Waals surface area contributed by atoms with Crippen molar-refractivity contribution in [3.05, 3.63) is 22.8 Å². The topological polar surface area (TPSA) is 17.3 Å². The Hall–Kier alpha value is -0.830. The third-order valence-corrected chi connectivity index (χ3v) is 3.08. The first-order chi connectivity index (χ1) is 5.70. The molecule has 2 rings (SSSR count). The minimum absolute atomic E-state index is 0.554. The molecule has 0 amide bonds. The molecule has 0 aliphatic heterocycles. The van der Waals surface area contributed by atoms with Crippen molar-refractivity contribution in [2.45, 2.75) is 26.7 Å². The van der Waals surface area contributed by atoms with Crippen molar-refractivity contribution in [2.75, 3.05) is 0 Å². The minimum atomic E-state index is 0.554. The summed E-state index contributed by atoms with van der Waals surface area (Å²) >= 11 is 1.73. The number of aryl methyl sites for hydroxylation is 1. The van der Waals surface area contributed by atoms with Crippen LogP contribution in [0.5, 0.6) is 0 Å². The van der Waals surface area contributed by atoms with Crippen molar-refractivity contribution in [1.82, 2.24) is 8.77 Å². The number of aromatic nitrogens is 2. The van der Waals surface area contributed by atoms with Crippen LogP contribution in [0, 0.1) is 6.92 Å². The van der Waals surface area contributed by atoms with E-state index in [0.717, 1.165) is 5.65 Å². The third kappa shape index (κ3) is 0.966. The molecule has 0 aromatic carbocycles. The van der Waals surface area contributed by atoms with E-state index in [1.807, 2.05) is 6.20 Å². The van der Waals surface area contributed by atoms with E-state index in [4.69, 9.17) is 0 Å². The van der Waals surface area contributed by atoms with Gasteiger partial charge in [-0.1, -0.05) is 25.4 Å². The van der Waals surface area contributed by atoms with Gasteiger partial charge in [0.05, 0.1) is 11.9 Å². The Balaban J connectivity index is 2.71. The summed E-state index contributed by atoms with van der Waals surface area (Å²) in [6.45, 7) is 6.49. The SMILES string of the molecule is Cc1csn2c(C(C)C)cnc12. The number of imidazole rings is 1. The molecule has 3 heteroatoms. The quantitative estimate of drug-likeness (QED) is 0.659. The molecule has 0 unspecified atom stereocenters. The molecule has 0 atom stereocenters. The van der Waals surface area contributed by atoms with Gasteiger partial charge in [-0.25, -0.2) is 4.98 Å². The van der Waals surface area contributed by atoms with Gasteiger partial charge in [0.1, 0.15) is 5.65 Å².